The van der Waals surface area contributed by atoms with E-state index in [0.717, 1.165) is 24.5 Å². The first-order valence-electron chi connectivity index (χ1n) is 9.50. The van der Waals surface area contributed by atoms with Gasteiger partial charge in [-0.1, -0.05) is 56.5 Å². The van der Waals surface area contributed by atoms with Crippen LogP contribution in [-0.4, -0.2) is 19.1 Å². The maximum Gasteiger partial charge on any atom is 0.238 e. The Kier molecular flexibility index (Phi) is 8.70. The number of benzene rings is 2. The van der Waals surface area contributed by atoms with Crippen LogP contribution in [0.2, 0.25) is 0 Å². The third-order valence-corrected chi connectivity index (χ3v) is 4.27. The number of hydrogen-bond donors (Lipinski definition) is 2. The maximum atomic E-state index is 12.1. The fraction of sp³-hybridized carbons (Fsp3) is 0.409. The predicted octanol–water partition coefficient (Wildman–Crippen LogP) is 4.94. The highest BCUT2D eigenvalue weighted by Crippen LogP contribution is 2.16. The van der Waals surface area contributed by atoms with Crippen molar-refractivity contribution in [3.8, 4) is 5.75 Å². The lowest BCUT2D eigenvalue weighted by Crippen LogP contribution is -2.30. The lowest BCUT2D eigenvalue weighted by molar-refractivity contribution is -0.115. The molecular formula is C22H30N2O2. The van der Waals surface area contributed by atoms with Gasteiger partial charge in [-0.2, -0.15) is 0 Å². The normalized spacial score (nSPS) is 11.8. The van der Waals surface area contributed by atoms with Gasteiger partial charge in [-0.25, -0.2) is 0 Å². The number of amides is 1. The van der Waals surface area contributed by atoms with Crippen LogP contribution in [0.3, 0.4) is 0 Å². The average molecular weight is 354 g/mol. The molecule has 1 amide bonds. The quantitative estimate of drug-likeness (QED) is 0.562. The first-order valence-corrected chi connectivity index (χ1v) is 9.50. The van der Waals surface area contributed by atoms with E-state index in [1.165, 1.54) is 24.8 Å². The first-order chi connectivity index (χ1) is 12.7. The molecule has 2 aromatic carbocycles. The van der Waals surface area contributed by atoms with Crippen LogP contribution in [0.5, 0.6) is 5.75 Å². The van der Waals surface area contributed by atoms with Crippen LogP contribution in [0.15, 0.2) is 54.6 Å². The van der Waals surface area contributed by atoms with Gasteiger partial charge in [0.25, 0.3) is 0 Å². The molecule has 0 saturated heterocycles. The summed E-state index contributed by atoms with van der Waals surface area (Å²) in [6.45, 7) is 5.26. The van der Waals surface area contributed by atoms with Crippen molar-refractivity contribution in [1.29, 1.82) is 0 Å². The maximum absolute atomic E-state index is 12.1. The van der Waals surface area contributed by atoms with Crippen LogP contribution in [0.4, 0.5) is 5.69 Å². The standard InChI is InChI=1S/C22H30N2O2/c1-3-4-5-9-16-26-21-14-12-20(13-15-21)24-22(25)17-23-18(2)19-10-7-6-8-11-19/h6-8,10-15,18,23H,3-5,9,16-17H2,1-2H3,(H,24,25). The van der Waals surface area contributed by atoms with E-state index >= 15 is 0 Å². The van der Waals surface area contributed by atoms with Gasteiger partial charge in [-0.3, -0.25) is 4.79 Å². The molecule has 26 heavy (non-hydrogen) atoms. The van der Waals surface area contributed by atoms with Gasteiger partial charge in [0.15, 0.2) is 0 Å². The molecular weight excluding hydrogens is 324 g/mol. The zero-order valence-electron chi connectivity index (χ0n) is 15.8. The molecule has 140 valence electrons. The van der Waals surface area contributed by atoms with Crippen molar-refractivity contribution < 1.29 is 9.53 Å². The van der Waals surface area contributed by atoms with Crippen LogP contribution in [0.25, 0.3) is 0 Å². The van der Waals surface area contributed by atoms with Gasteiger partial charge in [0.1, 0.15) is 5.75 Å². The molecule has 0 saturated carbocycles. The Hall–Kier alpha value is -2.33. The number of ether oxygens (including phenoxy) is 1. The number of unbranched alkanes of at least 4 members (excludes halogenated alkanes) is 3. The number of nitrogens with one attached hydrogen (secondary N) is 2. The molecule has 0 spiro atoms. The summed E-state index contributed by atoms with van der Waals surface area (Å²) < 4.78 is 5.72. The highest BCUT2D eigenvalue weighted by molar-refractivity contribution is 5.92. The minimum atomic E-state index is -0.0546. The van der Waals surface area contributed by atoms with E-state index < -0.39 is 0 Å². The summed E-state index contributed by atoms with van der Waals surface area (Å²) >= 11 is 0. The van der Waals surface area contributed by atoms with Crippen molar-refractivity contribution in [1.82, 2.24) is 5.32 Å². The molecule has 0 bridgehead atoms. The number of carbonyl (C=O) groups excluding carboxylic acids is 1. The summed E-state index contributed by atoms with van der Waals surface area (Å²) in [5, 5.41) is 6.14. The topological polar surface area (TPSA) is 50.4 Å². The van der Waals surface area contributed by atoms with Crippen molar-refractivity contribution in [3.63, 3.8) is 0 Å². The highest BCUT2D eigenvalue weighted by Gasteiger charge is 2.07. The Bertz CT molecular complexity index is 641. The van der Waals surface area contributed by atoms with E-state index in [4.69, 9.17) is 4.74 Å². The molecule has 4 heteroatoms. The molecule has 2 rings (SSSR count). The van der Waals surface area contributed by atoms with Gasteiger partial charge < -0.3 is 15.4 Å². The molecule has 1 unspecified atom stereocenters. The van der Waals surface area contributed by atoms with E-state index in [2.05, 4.69) is 36.6 Å². The lowest BCUT2D eigenvalue weighted by Gasteiger charge is -2.14. The predicted molar refractivity (Wildman–Crippen MR) is 108 cm³/mol. The molecule has 1 atom stereocenters. The van der Waals surface area contributed by atoms with Crippen LogP contribution >= 0.6 is 0 Å². The molecule has 0 radical (unpaired) electrons. The number of anilines is 1. The second kappa shape index (κ2) is 11.3. The number of hydrogen-bond acceptors (Lipinski definition) is 3. The zero-order valence-corrected chi connectivity index (χ0v) is 15.8. The summed E-state index contributed by atoms with van der Waals surface area (Å²) in [5.41, 5.74) is 1.95. The zero-order chi connectivity index (χ0) is 18.6. The van der Waals surface area contributed by atoms with Gasteiger partial charge in [-0.05, 0) is 43.2 Å². The first kappa shape index (κ1) is 20.0. The van der Waals surface area contributed by atoms with E-state index in [0.29, 0.717) is 0 Å². The molecule has 2 N–H and O–H groups in total. The molecule has 0 aliphatic heterocycles. The van der Waals surface area contributed by atoms with Gasteiger partial charge >= 0.3 is 0 Å². The van der Waals surface area contributed by atoms with Crippen LogP contribution < -0.4 is 15.4 Å². The SMILES string of the molecule is CCCCCCOc1ccc(NC(=O)CNC(C)c2ccccc2)cc1. The molecule has 0 fully saturated rings. The van der Waals surface area contributed by atoms with E-state index in [9.17, 15) is 4.79 Å². The second-order valence-corrected chi connectivity index (χ2v) is 6.49. The third kappa shape index (κ3) is 7.28. The van der Waals surface area contributed by atoms with E-state index in [-0.39, 0.29) is 18.5 Å². The Labute approximate surface area is 157 Å². The number of rotatable bonds is 11. The van der Waals surface area contributed by atoms with Crippen molar-refractivity contribution in [2.45, 2.75) is 45.6 Å². The summed E-state index contributed by atoms with van der Waals surface area (Å²) in [6, 6.07) is 17.8. The molecule has 2 aromatic rings. The average Bonchev–Trinajstić information content (AvgIpc) is 2.68. The Morgan fingerprint density at radius 3 is 2.42 bits per heavy atom. The Morgan fingerprint density at radius 1 is 1.00 bits per heavy atom. The molecule has 0 heterocycles. The fourth-order valence-corrected chi connectivity index (χ4v) is 2.66. The minimum Gasteiger partial charge on any atom is -0.494 e. The van der Waals surface area contributed by atoms with Crippen molar-refractivity contribution in [2.75, 3.05) is 18.5 Å². The van der Waals surface area contributed by atoms with E-state index in [1.807, 2.05) is 42.5 Å². The van der Waals surface area contributed by atoms with Crippen molar-refractivity contribution in [2.24, 2.45) is 0 Å². The van der Waals surface area contributed by atoms with Crippen LogP contribution in [0.1, 0.15) is 51.1 Å². The van der Waals surface area contributed by atoms with Gasteiger partial charge in [0.2, 0.25) is 5.91 Å². The summed E-state index contributed by atoms with van der Waals surface area (Å²) in [4.78, 5) is 12.1. The third-order valence-electron chi connectivity index (χ3n) is 4.27. The van der Waals surface area contributed by atoms with Gasteiger partial charge in [0, 0.05) is 11.7 Å². The second-order valence-electron chi connectivity index (χ2n) is 6.49. The lowest BCUT2D eigenvalue weighted by atomic mass is 10.1. The van der Waals surface area contributed by atoms with Gasteiger partial charge in [-0.15, -0.1) is 0 Å². The van der Waals surface area contributed by atoms with Crippen molar-refractivity contribution in [3.05, 3.63) is 60.2 Å². The monoisotopic (exact) mass is 354 g/mol. The Balaban J connectivity index is 1.70. The summed E-state index contributed by atoms with van der Waals surface area (Å²) in [7, 11) is 0. The number of carbonyl (C=O) groups is 1. The molecule has 0 aliphatic rings. The minimum absolute atomic E-state index is 0.0546. The smallest absolute Gasteiger partial charge is 0.238 e. The fourth-order valence-electron chi connectivity index (χ4n) is 2.66. The highest BCUT2D eigenvalue weighted by atomic mass is 16.5. The largest absolute Gasteiger partial charge is 0.494 e. The van der Waals surface area contributed by atoms with Crippen LogP contribution in [0, 0.1) is 0 Å². The molecule has 0 aromatic heterocycles. The molecule has 0 aliphatic carbocycles. The summed E-state index contributed by atoms with van der Waals surface area (Å²) in [5.74, 6) is 0.788. The molecule has 4 nitrogen and oxygen atoms in total. The van der Waals surface area contributed by atoms with E-state index in [1.54, 1.807) is 0 Å². The van der Waals surface area contributed by atoms with Gasteiger partial charge in [0.05, 0.1) is 13.2 Å². The summed E-state index contributed by atoms with van der Waals surface area (Å²) in [6.07, 6.45) is 4.77. The van der Waals surface area contributed by atoms with Crippen LogP contribution in [-0.2, 0) is 4.79 Å². The Morgan fingerprint density at radius 2 is 1.73 bits per heavy atom. The van der Waals surface area contributed by atoms with Crippen molar-refractivity contribution >= 4 is 11.6 Å².